The number of aliphatic carboxylic acids is 1. The van der Waals surface area contributed by atoms with Crippen LogP contribution in [0.4, 0.5) is 0 Å². The Hall–Kier alpha value is -0.920. The van der Waals surface area contributed by atoms with Gasteiger partial charge in [-0.05, 0) is 24.6 Å². The molecule has 0 aliphatic carbocycles. The number of nitrogens with one attached hydrogen (secondary N) is 1. The maximum atomic E-state index is 11.5. The Morgan fingerprint density at radius 2 is 2.18 bits per heavy atom. The van der Waals surface area contributed by atoms with Crippen LogP contribution in [0.25, 0.3) is 0 Å². The van der Waals surface area contributed by atoms with E-state index < -0.39 is 21.2 Å². The molecule has 1 rings (SSSR count). The fourth-order valence-corrected chi connectivity index (χ4v) is 2.42. The average Bonchev–Trinajstić information content (AvgIpc) is 2.25. The van der Waals surface area contributed by atoms with Crippen molar-refractivity contribution < 1.29 is 18.3 Å². The molecule has 5 nitrogen and oxygen atoms in total. The molecule has 1 aromatic rings. The van der Waals surface area contributed by atoms with Gasteiger partial charge in [-0.15, -0.1) is 0 Å². The zero-order valence-electron chi connectivity index (χ0n) is 9.05. The van der Waals surface area contributed by atoms with Crippen LogP contribution in [0.2, 0.25) is 0 Å². The molecular weight excluding hydrogens is 310 g/mol. The zero-order chi connectivity index (χ0) is 13.1. The summed E-state index contributed by atoms with van der Waals surface area (Å²) in [6, 6.07) is 7.10. The van der Waals surface area contributed by atoms with Crippen LogP contribution in [-0.4, -0.2) is 24.7 Å². The van der Waals surface area contributed by atoms with E-state index in [2.05, 4.69) is 20.7 Å². The van der Waals surface area contributed by atoms with Gasteiger partial charge in [0, 0.05) is 11.0 Å². The lowest BCUT2D eigenvalue weighted by Gasteiger charge is -2.10. The molecule has 17 heavy (non-hydrogen) atoms. The fraction of sp³-hybridized carbons (Fsp3) is 0.300. The summed E-state index contributed by atoms with van der Waals surface area (Å²) in [4.78, 5) is 10.6. The molecule has 0 bridgehead atoms. The van der Waals surface area contributed by atoms with Crippen molar-refractivity contribution in [2.24, 2.45) is 0 Å². The van der Waals surface area contributed by atoms with Crippen LogP contribution in [0.1, 0.15) is 12.5 Å². The molecule has 1 aromatic carbocycles. The summed E-state index contributed by atoms with van der Waals surface area (Å²) >= 11 is 3.26. The van der Waals surface area contributed by atoms with Crippen molar-refractivity contribution in [2.45, 2.75) is 18.7 Å². The van der Waals surface area contributed by atoms with Gasteiger partial charge < -0.3 is 5.11 Å². The van der Waals surface area contributed by atoms with Crippen molar-refractivity contribution in [1.82, 2.24) is 4.72 Å². The Morgan fingerprint density at radius 1 is 1.53 bits per heavy atom. The molecule has 0 saturated heterocycles. The van der Waals surface area contributed by atoms with Crippen molar-refractivity contribution in [3.8, 4) is 0 Å². The molecule has 2 N–H and O–H groups in total. The molecule has 1 atom stereocenters. The number of rotatable bonds is 5. The van der Waals surface area contributed by atoms with Crippen molar-refractivity contribution in [3.63, 3.8) is 0 Å². The number of carboxylic acids is 1. The Balaban J connectivity index is 2.71. The number of carboxylic acid groups (broad SMARTS) is 1. The highest BCUT2D eigenvalue weighted by Crippen LogP contribution is 2.12. The molecule has 7 heteroatoms. The van der Waals surface area contributed by atoms with Gasteiger partial charge in [0.05, 0.1) is 0 Å². The van der Waals surface area contributed by atoms with Crippen molar-refractivity contribution in [2.75, 3.05) is 0 Å². The average molecular weight is 322 g/mol. The largest absolute Gasteiger partial charge is 0.480 e. The van der Waals surface area contributed by atoms with Gasteiger partial charge in [-0.2, -0.15) is 0 Å². The minimum Gasteiger partial charge on any atom is -0.480 e. The predicted molar refractivity (Wildman–Crippen MR) is 67.0 cm³/mol. The molecule has 0 amide bonds. The van der Waals surface area contributed by atoms with Crippen LogP contribution >= 0.6 is 15.9 Å². The monoisotopic (exact) mass is 321 g/mol. The molecule has 1 unspecified atom stereocenters. The fourth-order valence-electron chi connectivity index (χ4n) is 1.09. The Labute approximate surface area is 108 Å². The molecule has 0 saturated carbocycles. The first kappa shape index (κ1) is 14.1. The second-order valence-electron chi connectivity index (χ2n) is 3.48. The maximum absolute atomic E-state index is 11.5. The van der Waals surface area contributed by atoms with Crippen LogP contribution in [0.3, 0.4) is 0 Å². The molecular formula is C10H12BrNO4S. The van der Waals surface area contributed by atoms with E-state index in [-0.39, 0.29) is 6.54 Å². The highest BCUT2D eigenvalue weighted by Gasteiger charge is 2.26. The minimum atomic E-state index is -3.84. The summed E-state index contributed by atoms with van der Waals surface area (Å²) < 4.78 is 26.1. The van der Waals surface area contributed by atoms with E-state index in [1.165, 1.54) is 0 Å². The number of carbonyl (C=O) groups is 1. The van der Waals surface area contributed by atoms with Crippen molar-refractivity contribution in [1.29, 1.82) is 0 Å². The molecule has 0 spiro atoms. The van der Waals surface area contributed by atoms with Gasteiger partial charge >= 0.3 is 5.97 Å². The molecule has 94 valence electrons. The number of halogens is 1. The second-order valence-corrected chi connectivity index (χ2v) is 6.48. The quantitative estimate of drug-likeness (QED) is 0.857. The van der Waals surface area contributed by atoms with Crippen LogP contribution in [0, 0.1) is 0 Å². The first-order valence-corrected chi connectivity index (χ1v) is 7.12. The van der Waals surface area contributed by atoms with Gasteiger partial charge in [-0.1, -0.05) is 28.1 Å². The summed E-state index contributed by atoms with van der Waals surface area (Å²) in [6.07, 6.45) is 0. The maximum Gasteiger partial charge on any atom is 0.323 e. The lowest BCUT2D eigenvalue weighted by atomic mass is 10.2. The summed E-state index contributed by atoms with van der Waals surface area (Å²) in [7, 11) is -3.84. The van der Waals surface area contributed by atoms with Crippen molar-refractivity contribution >= 4 is 31.9 Å². The summed E-state index contributed by atoms with van der Waals surface area (Å²) in [5.41, 5.74) is 0.750. The summed E-state index contributed by atoms with van der Waals surface area (Å²) in [6.45, 7) is 1.20. The highest BCUT2D eigenvalue weighted by molar-refractivity contribution is 9.10. The smallest absolute Gasteiger partial charge is 0.323 e. The van der Waals surface area contributed by atoms with Gasteiger partial charge in [0.25, 0.3) is 0 Å². The predicted octanol–water partition coefficient (Wildman–Crippen LogP) is 1.34. The molecule has 0 fully saturated rings. The van der Waals surface area contributed by atoms with Crippen molar-refractivity contribution in [3.05, 3.63) is 34.3 Å². The highest BCUT2D eigenvalue weighted by atomic mass is 79.9. The zero-order valence-corrected chi connectivity index (χ0v) is 11.5. The van der Waals surface area contributed by atoms with Crippen LogP contribution in [0.5, 0.6) is 0 Å². The normalized spacial score (nSPS) is 13.3. The van der Waals surface area contributed by atoms with Crippen LogP contribution in [-0.2, 0) is 21.4 Å². The first-order valence-electron chi connectivity index (χ1n) is 4.78. The second kappa shape index (κ2) is 5.61. The van der Waals surface area contributed by atoms with E-state index in [0.717, 1.165) is 17.0 Å². The number of sulfonamides is 1. The Bertz CT molecular complexity index is 515. The molecule has 0 radical (unpaired) electrons. The van der Waals surface area contributed by atoms with E-state index in [0.29, 0.717) is 0 Å². The van der Waals surface area contributed by atoms with E-state index in [1.807, 2.05) is 6.07 Å². The lowest BCUT2D eigenvalue weighted by molar-refractivity contribution is -0.136. The number of hydrogen-bond acceptors (Lipinski definition) is 3. The van der Waals surface area contributed by atoms with Gasteiger partial charge in [0.15, 0.2) is 5.25 Å². The molecule has 0 aliphatic heterocycles. The Kier molecular flexibility index (Phi) is 4.67. The van der Waals surface area contributed by atoms with Gasteiger partial charge in [0.2, 0.25) is 10.0 Å². The summed E-state index contributed by atoms with van der Waals surface area (Å²) in [5.74, 6) is -1.37. The van der Waals surface area contributed by atoms with E-state index in [1.54, 1.807) is 18.2 Å². The lowest BCUT2D eigenvalue weighted by Crippen LogP contribution is -2.37. The first-order chi connectivity index (χ1) is 7.83. The number of hydrogen-bond donors (Lipinski definition) is 2. The van der Waals surface area contributed by atoms with Gasteiger partial charge in [-0.3, -0.25) is 4.79 Å². The van der Waals surface area contributed by atoms with Gasteiger partial charge in [-0.25, -0.2) is 13.1 Å². The molecule has 0 aromatic heterocycles. The van der Waals surface area contributed by atoms with E-state index in [9.17, 15) is 13.2 Å². The molecule has 0 heterocycles. The van der Waals surface area contributed by atoms with E-state index >= 15 is 0 Å². The van der Waals surface area contributed by atoms with Crippen LogP contribution in [0.15, 0.2) is 28.7 Å². The molecule has 0 aliphatic rings. The minimum absolute atomic E-state index is 0.0688. The standard InChI is InChI=1S/C10H12BrNO4S/c1-7(10(13)14)17(15,16)12-6-8-3-2-4-9(11)5-8/h2-5,7,12H,6H2,1H3,(H,13,14). The third-order valence-electron chi connectivity index (χ3n) is 2.18. The third kappa shape index (κ3) is 4.10. The summed E-state index contributed by atoms with van der Waals surface area (Å²) in [5, 5.41) is 7.17. The SMILES string of the molecule is CC(C(=O)O)S(=O)(=O)NCc1cccc(Br)c1. The van der Waals surface area contributed by atoms with Crippen LogP contribution < -0.4 is 4.72 Å². The third-order valence-corrected chi connectivity index (χ3v) is 4.35. The topological polar surface area (TPSA) is 83.5 Å². The Morgan fingerprint density at radius 3 is 2.71 bits per heavy atom. The van der Waals surface area contributed by atoms with Gasteiger partial charge in [0.1, 0.15) is 0 Å². The van der Waals surface area contributed by atoms with E-state index in [4.69, 9.17) is 5.11 Å². The number of benzene rings is 1.